The first-order valence-electron chi connectivity index (χ1n) is 6.99. The zero-order chi connectivity index (χ0) is 11.3. The van der Waals surface area contributed by atoms with Crippen LogP contribution in [-0.2, 0) is 4.74 Å². The molecule has 1 saturated heterocycles. The summed E-state index contributed by atoms with van der Waals surface area (Å²) in [5, 5.41) is 6.79. The van der Waals surface area contributed by atoms with Crippen molar-refractivity contribution in [2.24, 2.45) is 0 Å². The van der Waals surface area contributed by atoms with Crippen molar-refractivity contribution < 1.29 is 4.74 Å². The Balaban J connectivity index is 2.00. The highest BCUT2D eigenvalue weighted by Crippen LogP contribution is 2.07. The Bertz CT molecular complexity index is 77.9. The third-order valence-corrected chi connectivity index (χ3v) is 3.03. The van der Waals surface area contributed by atoms with E-state index in [0.29, 0.717) is 0 Å². The van der Waals surface area contributed by atoms with Crippen molar-refractivity contribution >= 4 is 0 Å². The molecule has 1 aliphatic heterocycles. The zero-order valence-corrected chi connectivity index (χ0v) is 10.6. The summed E-state index contributed by atoms with van der Waals surface area (Å²) >= 11 is 0. The molecule has 0 bridgehead atoms. The summed E-state index contributed by atoms with van der Waals surface area (Å²) in [6.45, 7) is 5.03. The van der Waals surface area contributed by atoms with Crippen molar-refractivity contribution in [2.75, 3.05) is 33.0 Å². The second kappa shape index (κ2) is 11.4. The van der Waals surface area contributed by atoms with E-state index in [1.165, 1.54) is 44.9 Å². The third kappa shape index (κ3) is 9.13. The molecule has 0 saturated carbocycles. The lowest BCUT2D eigenvalue weighted by atomic mass is 10.1. The maximum atomic E-state index is 5.57. The Hall–Kier alpha value is -0.120. The largest absolute Gasteiger partial charge is 0.381 e. The fraction of sp³-hybridized carbons (Fsp3) is 1.00. The highest BCUT2D eigenvalue weighted by Gasteiger charge is 1.95. The summed E-state index contributed by atoms with van der Waals surface area (Å²) in [4.78, 5) is 0. The van der Waals surface area contributed by atoms with E-state index in [9.17, 15) is 0 Å². The summed E-state index contributed by atoms with van der Waals surface area (Å²) in [7, 11) is 0. The first kappa shape index (κ1) is 13.9. The van der Waals surface area contributed by atoms with Gasteiger partial charge < -0.3 is 15.4 Å². The molecular weight excluding hydrogens is 200 g/mol. The van der Waals surface area contributed by atoms with Gasteiger partial charge >= 0.3 is 0 Å². The minimum Gasteiger partial charge on any atom is -0.381 e. The lowest BCUT2D eigenvalue weighted by Gasteiger charge is -2.09. The lowest BCUT2D eigenvalue weighted by molar-refractivity contribution is 0.127. The molecule has 0 aromatic heterocycles. The monoisotopic (exact) mass is 228 g/mol. The highest BCUT2D eigenvalue weighted by molar-refractivity contribution is 4.51. The first-order valence-corrected chi connectivity index (χ1v) is 6.99. The van der Waals surface area contributed by atoms with Crippen LogP contribution in [0.15, 0.2) is 0 Å². The molecule has 0 aromatic carbocycles. The van der Waals surface area contributed by atoms with E-state index in [1.807, 2.05) is 0 Å². The molecule has 3 heteroatoms. The van der Waals surface area contributed by atoms with Crippen LogP contribution < -0.4 is 10.6 Å². The summed E-state index contributed by atoms with van der Waals surface area (Å²) in [6, 6.07) is 0. The van der Waals surface area contributed by atoms with Crippen molar-refractivity contribution in [2.45, 2.75) is 51.4 Å². The van der Waals surface area contributed by atoms with E-state index in [4.69, 9.17) is 4.74 Å². The molecule has 0 unspecified atom stereocenters. The van der Waals surface area contributed by atoms with Gasteiger partial charge in [0, 0.05) is 19.9 Å². The van der Waals surface area contributed by atoms with Crippen LogP contribution in [-0.4, -0.2) is 33.0 Å². The number of hydrogen-bond acceptors (Lipinski definition) is 3. The summed E-state index contributed by atoms with van der Waals surface area (Å²) in [5.74, 6) is 0. The van der Waals surface area contributed by atoms with Gasteiger partial charge in [-0.2, -0.15) is 0 Å². The van der Waals surface area contributed by atoms with Crippen molar-refractivity contribution in [1.82, 2.24) is 10.6 Å². The normalized spacial score (nSPS) is 24.0. The van der Waals surface area contributed by atoms with Crippen molar-refractivity contribution in [1.29, 1.82) is 0 Å². The van der Waals surface area contributed by atoms with Gasteiger partial charge in [0.2, 0.25) is 0 Å². The quantitative estimate of drug-likeness (QED) is 0.667. The molecule has 1 fully saturated rings. The van der Waals surface area contributed by atoms with E-state index in [-0.39, 0.29) is 0 Å². The van der Waals surface area contributed by atoms with Crippen LogP contribution in [0.4, 0.5) is 0 Å². The van der Waals surface area contributed by atoms with Crippen molar-refractivity contribution in [3.8, 4) is 0 Å². The molecule has 0 spiro atoms. The average Bonchev–Trinajstić information content (AvgIpc) is 2.29. The Labute approximate surface area is 100 Å². The van der Waals surface area contributed by atoms with E-state index >= 15 is 0 Å². The fourth-order valence-corrected chi connectivity index (χ4v) is 2.00. The van der Waals surface area contributed by atoms with Crippen LogP contribution in [0.2, 0.25) is 0 Å². The van der Waals surface area contributed by atoms with Gasteiger partial charge in [0.15, 0.2) is 0 Å². The van der Waals surface area contributed by atoms with Crippen LogP contribution in [0.5, 0.6) is 0 Å². The third-order valence-electron chi connectivity index (χ3n) is 3.03. The predicted octanol–water partition coefficient (Wildman–Crippen LogP) is 2.27. The summed E-state index contributed by atoms with van der Waals surface area (Å²) in [5.41, 5.74) is 0. The lowest BCUT2D eigenvalue weighted by Crippen LogP contribution is -2.30. The Kier molecular flexibility index (Phi) is 9.91. The average molecular weight is 228 g/mol. The summed E-state index contributed by atoms with van der Waals surface area (Å²) < 4.78 is 5.57. The molecule has 2 N–H and O–H groups in total. The molecule has 1 rings (SSSR count). The van der Waals surface area contributed by atoms with Crippen molar-refractivity contribution in [3.05, 3.63) is 0 Å². The van der Waals surface area contributed by atoms with Gasteiger partial charge in [-0.3, -0.25) is 0 Å². The molecule has 0 aliphatic carbocycles. The van der Waals surface area contributed by atoms with Crippen LogP contribution in [0, 0.1) is 0 Å². The Morgan fingerprint density at radius 1 is 0.562 bits per heavy atom. The van der Waals surface area contributed by atoms with Crippen LogP contribution in [0.3, 0.4) is 0 Å². The van der Waals surface area contributed by atoms with Crippen molar-refractivity contribution in [3.63, 3.8) is 0 Å². The van der Waals surface area contributed by atoms with Gasteiger partial charge in [-0.25, -0.2) is 0 Å². The molecule has 96 valence electrons. The van der Waals surface area contributed by atoms with Gasteiger partial charge in [-0.1, -0.05) is 32.1 Å². The second-order valence-corrected chi connectivity index (χ2v) is 4.62. The first-order chi connectivity index (χ1) is 8.00. The Morgan fingerprint density at radius 3 is 1.94 bits per heavy atom. The van der Waals surface area contributed by atoms with Gasteiger partial charge in [0.1, 0.15) is 0 Å². The molecule has 0 radical (unpaired) electrons. The topological polar surface area (TPSA) is 33.3 Å². The molecule has 1 heterocycles. The predicted molar refractivity (Wildman–Crippen MR) is 68.6 cm³/mol. The number of hydrogen-bond donors (Lipinski definition) is 2. The minimum atomic E-state index is 0.910. The molecular formula is C13H28N2O. The number of rotatable bonds is 0. The maximum absolute atomic E-state index is 5.57. The zero-order valence-electron chi connectivity index (χ0n) is 10.6. The maximum Gasteiger partial charge on any atom is 0.0478 e. The standard InChI is InChI=1S/C13H28N2O/c1-2-4-6-9-14-13-15-10-8-12-16-11-7-5-3-1/h14-15H,1-13H2. The highest BCUT2D eigenvalue weighted by atomic mass is 16.5. The van der Waals surface area contributed by atoms with E-state index < -0.39 is 0 Å². The number of ether oxygens (including phenoxy) is 1. The number of nitrogens with one attached hydrogen (secondary N) is 2. The molecule has 0 amide bonds. The molecule has 1 aliphatic rings. The van der Waals surface area contributed by atoms with E-state index in [2.05, 4.69) is 10.6 Å². The van der Waals surface area contributed by atoms with Gasteiger partial charge in [-0.05, 0) is 32.4 Å². The second-order valence-electron chi connectivity index (χ2n) is 4.62. The minimum absolute atomic E-state index is 0.910. The van der Waals surface area contributed by atoms with Gasteiger partial charge in [0.05, 0.1) is 0 Å². The van der Waals surface area contributed by atoms with Gasteiger partial charge in [0.25, 0.3) is 0 Å². The molecule has 0 aromatic rings. The van der Waals surface area contributed by atoms with E-state index in [1.54, 1.807) is 0 Å². The van der Waals surface area contributed by atoms with Gasteiger partial charge in [-0.15, -0.1) is 0 Å². The van der Waals surface area contributed by atoms with E-state index in [0.717, 1.165) is 39.4 Å². The molecule has 0 atom stereocenters. The smallest absolute Gasteiger partial charge is 0.0478 e. The molecule has 3 nitrogen and oxygen atoms in total. The molecule has 16 heavy (non-hydrogen) atoms. The van der Waals surface area contributed by atoms with Crippen LogP contribution in [0.1, 0.15) is 51.4 Å². The van der Waals surface area contributed by atoms with Crippen LogP contribution >= 0.6 is 0 Å². The fourth-order valence-electron chi connectivity index (χ4n) is 2.00. The van der Waals surface area contributed by atoms with Crippen LogP contribution in [0.25, 0.3) is 0 Å². The SMILES string of the molecule is C1CCCCNCNCCCOCCCC1. The Morgan fingerprint density at radius 2 is 1.12 bits per heavy atom. The summed E-state index contributed by atoms with van der Waals surface area (Å²) in [6.07, 6.45) is 10.6.